The number of nitrogens with zero attached hydrogens (tertiary/aromatic N) is 1. The molecule has 7 heteroatoms. The molecule has 0 aliphatic carbocycles. The summed E-state index contributed by atoms with van der Waals surface area (Å²) in [6.07, 6.45) is 1.59. The molecule has 24 heavy (non-hydrogen) atoms. The summed E-state index contributed by atoms with van der Waals surface area (Å²) in [4.78, 5) is 5.15. The van der Waals surface area contributed by atoms with E-state index in [-0.39, 0.29) is 10.4 Å². The fourth-order valence-electron chi connectivity index (χ4n) is 1.81. The summed E-state index contributed by atoms with van der Waals surface area (Å²) in [6, 6.07) is 3.81. The number of halogens is 3. The first-order valence-electron chi connectivity index (χ1n) is 7.54. The smallest absolute Gasteiger partial charge is 0.151 e. The lowest BCUT2D eigenvalue weighted by Gasteiger charge is -2.17. The van der Waals surface area contributed by atoms with Gasteiger partial charge in [-0.25, -0.2) is 0 Å². The second-order valence-corrected chi connectivity index (χ2v) is 7.37. The number of ether oxygens (including phenoxy) is 2. The second kappa shape index (κ2) is 10.9. The lowest BCUT2D eigenvalue weighted by atomic mass is 10.0. The molecule has 0 spiro atoms. The van der Waals surface area contributed by atoms with Crippen LogP contribution in [0.3, 0.4) is 0 Å². The summed E-state index contributed by atoms with van der Waals surface area (Å²) in [7, 11) is 0. The molecule has 0 fully saturated rings. The molecule has 0 bridgehead atoms. The van der Waals surface area contributed by atoms with Gasteiger partial charge in [-0.15, -0.1) is 0 Å². The average molecular weight is 439 g/mol. The number of benzene rings is 1. The van der Waals surface area contributed by atoms with Crippen molar-refractivity contribution in [2.45, 2.75) is 33.6 Å². The second-order valence-electron chi connectivity index (χ2n) is 5.50. The standard InChI is InChI=1S/C17H22BrCl2NO3/c1-11(2)14-9-13(22-6-5-16(19)20)10-15(18)17(14)23-7-8-24-21-12(3)4/h5,9-11H,6-8H2,1-4H3. The Morgan fingerprint density at radius 3 is 2.50 bits per heavy atom. The minimum atomic E-state index is 0.183. The SMILES string of the molecule is CC(C)=NOCCOc1c(Br)cc(OCC=C(Cl)Cl)cc1C(C)C. The molecule has 134 valence electrons. The predicted octanol–water partition coefficient (Wildman–Crippen LogP) is 6.06. The molecule has 1 aromatic rings. The van der Waals surface area contributed by atoms with Crippen molar-refractivity contribution in [2.24, 2.45) is 5.16 Å². The highest BCUT2D eigenvalue weighted by atomic mass is 79.9. The summed E-state index contributed by atoms with van der Waals surface area (Å²) in [5.41, 5.74) is 1.90. The van der Waals surface area contributed by atoms with E-state index in [9.17, 15) is 0 Å². The van der Waals surface area contributed by atoms with E-state index in [1.54, 1.807) is 6.08 Å². The fraction of sp³-hybridized carbons (Fsp3) is 0.471. The Labute approximate surface area is 161 Å². The third kappa shape index (κ3) is 7.77. The Bertz CT molecular complexity index is 596. The van der Waals surface area contributed by atoms with Crippen LogP contribution in [0.2, 0.25) is 0 Å². The summed E-state index contributed by atoms with van der Waals surface area (Å²) in [6.45, 7) is 9.02. The highest BCUT2D eigenvalue weighted by Gasteiger charge is 2.14. The number of rotatable bonds is 9. The van der Waals surface area contributed by atoms with Crippen LogP contribution in [-0.4, -0.2) is 25.5 Å². The normalized spacial score (nSPS) is 10.3. The van der Waals surface area contributed by atoms with E-state index in [2.05, 4.69) is 34.9 Å². The summed E-state index contributed by atoms with van der Waals surface area (Å²) in [5, 5.41) is 3.88. The van der Waals surface area contributed by atoms with Crippen LogP contribution in [0.5, 0.6) is 11.5 Å². The molecule has 4 nitrogen and oxygen atoms in total. The van der Waals surface area contributed by atoms with Gasteiger partial charge in [-0.2, -0.15) is 0 Å². The summed E-state index contributed by atoms with van der Waals surface area (Å²) in [5.74, 6) is 1.76. The molecular formula is C17H22BrCl2NO3. The van der Waals surface area contributed by atoms with Crippen LogP contribution in [-0.2, 0) is 4.84 Å². The molecular weight excluding hydrogens is 417 g/mol. The van der Waals surface area contributed by atoms with Crippen molar-refractivity contribution in [3.63, 3.8) is 0 Å². The molecule has 0 heterocycles. The molecule has 1 rings (SSSR count). The van der Waals surface area contributed by atoms with Crippen molar-refractivity contribution in [3.05, 3.63) is 32.7 Å². The Hall–Kier alpha value is -0.910. The average Bonchev–Trinajstić information content (AvgIpc) is 2.47. The molecule has 0 amide bonds. The van der Waals surface area contributed by atoms with Crippen molar-refractivity contribution in [1.29, 1.82) is 0 Å². The van der Waals surface area contributed by atoms with Crippen LogP contribution in [0.15, 0.2) is 32.3 Å². The maximum atomic E-state index is 5.86. The van der Waals surface area contributed by atoms with Gasteiger partial charge in [0.25, 0.3) is 0 Å². The lowest BCUT2D eigenvalue weighted by Crippen LogP contribution is -2.08. The monoisotopic (exact) mass is 437 g/mol. The first-order chi connectivity index (χ1) is 11.3. The van der Waals surface area contributed by atoms with Gasteiger partial charge in [0.1, 0.15) is 29.2 Å². The molecule has 0 radical (unpaired) electrons. The zero-order chi connectivity index (χ0) is 18.1. The quantitative estimate of drug-likeness (QED) is 0.267. The van der Waals surface area contributed by atoms with Gasteiger partial charge in [-0.3, -0.25) is 0 Å². The van der Waals surface area contributed by atoms with E-state index in [4.69, 9.17) is 37.5 Å². The van der Waals surface area contributed by atoms with Gasteiger partial charge in [0, 0.05) is 5.56 Å². The Morgan fingerprint density at radius 1 is 1.21 bits per heavy atom. The van der Waals surface area contributed by atoms with Crippen molar-refractivity contribution in [1.82, 2.24) is 0 Å². The van der Waals surface area contributed by atoms with Crippen molar-refractivity contribution in [3.8, 4) is 11.5 Å². The molecule has 0 unspecified atom stereocenters. The molecule has 0 aromatic heterocycles. The van der Waals surface area contributed by atoms with Crippen LogP contribution < -0.4 is 9.47 Å². The third-order valence-electron chi connectivity index (χ3n) is 2.82. The van der Waals surface area contributed by atoms with Gasteiger partial charge in [0.2, 0.25) is 0 Å². The van der Waals surface area contributed by atoms with E-state index >= 15 is 0 Å². The lowest BCUT2D eigenvalue weighted by molar-refractivity contribution is 0.106. The molecule has 1 aromatic carbocycles. The number of hydrogen-bond acceptors (Lipinski definition) is 4. The number of hydrogen-bond donors (Lipinski definition) is 0. The fourth-order valence-corrected chi connectivity index (χ4v) is 2.50. The Balaban J connectivity index is 2.80. The van der Waals surface area contributed by atoms with E-state index in [1.807, 2.05) is 26.0 Å². The Morgan fingerprint density at radius 2 is 1.92 bits per heavy atom. The van der Waals surface area contributed by atoms with E-state index in [0.29, 0.717) is 25.6 Å². The largest absolute Gasteiger partial charge is 0.489 e. The van der Waals surface area contributed by atoms with Crippen LogP contribution in [0.25, 0.3) is 0 Å². The molecule has 0 aliphatic rings. The van der Waals surface area contributed by atoms with Gasteiger partial charge in [-0.1, -0.05) is 42.2 Å². The molecule has 0 atom stereocenters. The van der Waals surface area contributed by atoms with Crippen molar-refractivity contribution >= 4 is 44.8 Å². The molecule has 0 saturated carbocycles. The van der Waals surface area contributed by atoms with Crippen LogP contribution in [0.4, 0.5) is 0 Å². The van der Waals surface area contributed by atoms with Gasteiger partial charge in [-0.05, 0) is 53.9 Å². The van der Waals surface area contributed by atoms with E-state index in [1.165, 1.54) is 0 Å². The van der Waals surface area contributed by atoms with Crippen LogP contribution >= 0.6 is 39.1 Å². The van der Waals surface area contributed by atoms with Gasteiger partial charge in [0.15, 0.2) is 6.61 Å². The van der Waals surface area contributed by atoms with E-state index < -0.39 is 0 Å². The van der Waals surface area contributed by atoms with Gasteiger partial charge in [0.05, 0.1) is 10.2 Å². The first-order valence-corrected chi connectivity index (χ1v) is 9.09. The molecule has 0 saturated heterocycles. The topological polar surface area (TPSA) is 40.0 Å². The predicted molar refractivity (Wildman–Crippen MR) is 104 cm³/mol. The van der Waals surface area contributed by atoms with Gasteiger partial charge < -0.3 is 14.3 Å². The minimum absolute atomic E-state index is 0.183. The molecule has 0 N–H and O–H groups in total. The third-order valence-corrected chi connectivity index (χ3v) is 3.72. The maximum absolute atomic E-state index is 5.86. The number of oxime groups is 1. The summed E-state index contributed by atoms with van der Waals surface area (Å²) < 4.78 is 12.5. The van der Waals surface area contributed by atoms with Gasteiger partial charge >= 0.3 is 0 Å². The summed E-state index contributed by atoms with van der Waals surface area (Å²) >= 11 is 14.7. The minimum Gasteiger partial charge on any atom is -0.489 e. The van der Waals surface area contributed by atoms with Crippen LogP contribution in [0.1, 0.15) is 39.2 Å². The van der Waals surface area contributed by atoms with Crippen molar-refractivity contribution < 1.29 is 14.3 Å². The zero-order valence-corrected chi connectivity index (χ0v) is 17.3. The highest BCUT2D eigenvalue weighted by molar-refractivity contribution is 9.10. The van der Waals surface area contributed by atoms with Crippen LogP contribution in [0, 0.1) is 0 Å². The zero-order valence-electron chi connectivity index (χ0n) is 14.2. The van der Waals surface area contributed by atoms with E-state index in [0.717, 1.165) is 21.5 Å². The first kappa shape index (κ1) is 21.1. The van der Waals surface area contributed by atoms with Crippen molar-refractivity contribution in [2.75, 3.05) is 19.8 Å². The highest BCUT2D eigenvalue weighted by Crippen LogP contribution is 2.37. The molecule has 0 aliphatic heterocycles. The Kier molecular flexibility index (Phi) is 9.56. The maximum Gasteiger partial charge on any atom is 0.151 e.